The van der Waals surface area contributed by atoms with E-state index in [1.54, 1.807) is 6.08 Å². The van der Waals surface area contributed by atoms with Crippen LogP contribution < -0.4 is 0 Å². The van der Waals surface area contributed by atoms with E-state index in [9.17, 15) is 5.11 Å². The van der Waals surface area contributed by atoms with Gasteiger partial charge in [0.25, 0.3) is 0 Å². The number of ether oxygens (including phenoxy) is 1. The second-order valence-electron chi connectivity index (χ2n) is 3.91. The molecule has 68 valence electrons. The molecule has 2 atom stereocenters. The van der Waals surface area contributed by atoms with Crippen LogP contribution in [0.2, 0.25) is 0 Å². The van der Waals surface area contributed by atoms with Crippen molar-refractivity contribution in [3.05, 3.63) is 47.2 Å². The zero-order valence-electron chi connectivity index (χ0n) is 7.40. The molecule has 1 fully saturated rings. The lowest BCUT2D eigenvalue weighted by molar-refractivity contribution is 0.407. The van der Waals surface area contributed by atoms with Crippen LogP contribution in [0.1, 0.15) is 11.1 Å². The van der Waals surface area contributed by atoms with Crippen molar-refractivity contribution in [2.45, 2.75) is 12.2 Å². The Morgan fingerprint density at radius 2 is 1.93 bits per heavy atom. The Morgan fingerprint density at radius 1 is 1.14 bits per heavy atom. The lowest BCUT2D eigenvalue weighted by Crippen LogP contribution is -2.17. The maximum Gasteiger partial charge on any atom is 0.122 e. The maximum absolute atomic E-state index is 9.77. The minimum absolute atomic E-state index is 0.127. The second kappa shape index (κ2) is 1.93. The molecule has 14 heavy (non-hydrogen) atoms. The lowest BCUT2D eigenvalue weighted by Gasteiger charge is -2.28. The molecule has 1 N–H and O–H groups in total. The van der Waals surface area contributed by atoms with E-state index in [-0.39, 0.29) is 12.2 Å². The summed E-state index contributed by atoms with van der Waals surface area (Å²) in [5.41, 5.74) is 4.60. The van der Waals surface area contributed by atoms with Crippen molar-refractivity contribution in [3.63, 3.8) is 0 Å². The van der Waals surface area contributed by atoms with Gasteiger partial charge in [0.15, 0.2) is 0 Å². The smallest absolute Gasteiger partial charge is 0.122 e. The van der Waals surface area contributed by atoms with Gasteiger partial charge in [-0.1, -0.05) is 24.3 Å². The summed E-state index contributed by atoms with van der Waals surface area (Å²) in [6, 6.07) is 8.15. The summed E-state index contributed by atoms with van der Waals surface area (Å²) in [5, 5.41) is 9.77. The molecule has 1 heterocycles. The van der Waals surface area contributed by atoms with E-state index in [0.29, 0.717) is 5.76 Å². The Hall–Kier alpha value is -1.54. The SMILES string of the molecule is OC1=CC2OC2C2=C1c1ccccc12. The van der Waals surface area contributed by atoms with Crippen LogP contribution in [0.4, 0.5) is 0 Å². The highest BCUT2D eigenvalue weighted by atomic mass is 16.6. The van der Waals surface area contributed by atoms with E-state index < -0.39 is 0 Å². The molecule has 2 aliphatic carbocycles. The monoisotopic (exact) mass is 184 g/mol. The number of aliphatic hydroxyl groups is 1. The van der Waals surface area contributed by atoms with Crippen LogP contribution in [0.3, 0.4) is 0 Å². The fourth-order valence-electron chi connectivity index (χ4n) is 2.45. The molecule has 1 aromatic carbocycles. The first-order valence-electron chi connectivity index (χ1n) is 4.77. The minimum atomic E-state index is 0.127. The zero-order chi connectivity index (χ0) is 9.28. The van der Waals surface area contributed by atoms with E-state index >= 15 is 0 Å². The molecule has 2 nitrogen and oxygen atoms in total. The third-order valence-electron chi connectivity index (χ3n) is 3.14. The quantitative estimate of drug-likeness (QED) is 0.626. The van der Waals surface area contributed by atoms with Crippen LogP contribution >= 0.6 is 0 Å². The van der Waals surface area contributed by atoms with E-state index in [0.717, 1.165) is 11.1 Å². The van der Waals surface area contributed by atoms with Crippen LogP contribution in [0.15, 0.2) is 36.1 Å². The number of rotatable bonds is 0. The largest absolute Gasteiger partial charge is 0.508 e. The number of hydrogen-bond donors (Lipinski definition) is 1. The first-order valence-corrected chi connectivity index (χ1v) is 4.77. The van der Waals surface area contributed by atoms with Crippen molar-refractivity contribution < 1.29 is 9.84 Å². The van der Waals surface area contributed by atoms with Gasteiger partial charge < -0.3 is 9.84 Å². The van der Waals surface area contributed by atoms with Crippen LogP contribution in [0.25, 0.3) is 11.1 Å². The predicted molar refractivity (Wildman–Crippen MR) is 52.6 cm³/mol. The summed E-state index contributed by atoms with van der Waals surface area (Å²) < 4.78 is 5.44. The predicted octanol–water partition coefficient (Wildman–Crippen LogP) is 2.13. The van der Waals surface area contributed by atoms with Gasteiger partial charge in [0.2, 0.25) is 0 Å². The van der Waals surface area contributed by atoms with Crippen molar-refractivity contribution in [2.24, 2.45) is 0 Å². The normalized spacial score (nSPS) is 31.0. The number of benzene rings is 1. The first kappa shape index (κ1) is 6.85. The molecule has 0 amide bonds. The van der Waals surface area contributed by atoms with Crippen molar-refractivity contribution >= 4 is 11.1 Å². The third kappa shape index (κ3) is 0.601. The summed E-state index contributed by atoms with van der Waals surface area (Å²) in [4.78, 5) is 0. The van der Waals surface area contributed by atoms with Crippen molar-refractivity contribution in [1.29, 1.82) is 0 Å². The molecule has 0 radical (unpaired) electrons. The maximum atomic E-state index is 9.77. The molecule has 0 saturated carbocycles. The van der Waals surface area contributed by atoms with Crippen LogP contribution in [0.5, 0.6) is 0 Å². The molecule has 0 spiro atoms. The first-order chi connectivity index (χ1) is 6.86. The van der Waals surface area contributed by atoms with Gasteiger partial charge in [-0.3, -0.25) is 0 Å². The minimum Gasteiger partial charge on any atom is -0.508 e. The zero-order valence-corrected chi connectivity index (χ0v) is 7.40. The van der Waals surface area contributed by atoms with Gasteiger partial charge in [-0.2, -0.15) is 0 Å². The van der Waals surface area contributed by atoms with E-state index in [2.05, 4.69) is 6.07 Å². The highest BCUT2D eigenvalue weighted by Gasteiger charge is 2.50. The van der Waals surface area contributed by atoms with E-state index in [1.165, 1.54) is 11.1 Å². The highest BCUT2D eigenvalue weighted by molar-refractivity contribution is 6.12. The molecule has 1 aliphatic heterocycles. The van der Waals surface area contributed by atoms with Gasteiger partial charge in [-0.25, -0.2) is 0 Å². The molecule has 0 aromatic heterocycles. The Kier molecular flexibility index (Phi) is 0.946. The van der Waals surface area contributed by atoms with Crippen LogP contribution in [0, 0.1) is 0 Å². The van der Waals surface area contributed by atoms with Gasteiger partial charge >= 0.3 is 0 Å². The average Bonchev–Trinajstić information content (AvgIpc) is 2.87. The number of hydrogen-bond acceptors (Lipinski definition) is 2. The van der Waals surface area contributed by atoms with Crippen molar-refractivity contribution in [3.8, 4) is 0 Å². The van der Waals surface area contributed by atoms with Gasteiger partial charge in [-0.15, -0.1) is 0 Å². The van der Waals surface area contributed by atoms with Gasteiger partial charge in [0.05, 0.1) is 0 Å². The molecule has 2 heteroatoms. The van der Waals surface area contributed by atoms with Crippen molar-refractivity contribution in [1.82, 2.24) is 0 Å². The number of aliphatic hydroxyl groups excluding tert-OH is 1. The number of fused-ring (bicyclic) bond motifs is 5. The summed E-state index contributed by atoms with van der Waals surface area (Å²) in [6.45, 7) is 0. The van der Waals surface area contributed by atoms with Gasteiger partial charge in [-0.05, 0) is 17.2 Å². The standard InChI is InChI=1S/C12H8O2/c13-8-5-9-12(14-9)11-7-4-2-1-3-6(7)10(8)11/h1-5,9,12-13H. The summed E-state index contributed by atoms with van der Waals surface area (Å²) >= 11 is 0. The van der Waals surface area contributed by atoms with E-state index in [4.69, 9.17) is 4.74 Å². The van der Waals surface area contributed by atoms with E-state index in [1.807, 2.05) is 18.2 Å². The van der Waals surface area contributed by atoms with Crippen LogP contribution in [-0.2, 0) is 4.74 Å². The molecular formula is C12H8O2. The Bertz CT molecular complexity index is 511. The Balaban J connectivity index is 1.98. The average molecular weight is 184 g/mol. The molecule has 2 unspecified atom stereocenters. The summed E-state index contributed by atoms with van der Waals surface area (Å²) in [5.74, 6) is 0.387. The van der Waals surface area contributed by atoms with Crippen LogP contribution in [-0.4, -0.2) is 17.3 Å². The number of allylic oxidation sites excluding steroid dienone is 1. The number of epoxide rings is 1. The van der Waals surface area contributed by atoms with Gasteiger partial charge in [0.1, 0.15) is 18.0 Å². The molecule has 1 aromatic rings. The third-order valence-corrected chi connectivity index (χ3v) is 3.14. The molecule has 3 aliphatic rings. The summed E-state index contributed by atoms with van der Waals surface area (Å²) in [7, 11) is 0. The molecular weight excluding hydrogens is 176 g/mol. The Labute approximate surface area is 81.1 Å². The lowest BCUT2D eigenvalue weighted by atomic mass is 9.75. The Morgan fingerprint density at radius 3 is 2.79 bits per heavy atom. The fourth-order valence-corrected chi connectivity index (χ4v) is 2.45. The fraction of sp³-hybridized carbons (Fsp3) is 0.167. The van der Waals surface area contributed by atoms with Gasteiger partial charge in [0, 0.05) is 11.1 Å². The molecule has 0 bridgehead atoms. The second-order valence-corrected chi connectivity index (χ2v) is 3.91. The summed E-state index contributed by atoms with van der Waals surface area (Å²) in [6.07, 6.45) is 2.15. The molecule has 4 rings (SSSR count). The topological polar surface area (TPSA) is 32.8 Å². The highest BCUT2D eigenvalue weighted by Crippen LogP contribution is 2.54. The molecule has 1 saturated heterocycles. The van der Waals surface area contributed by atoms with Crippen molar-refractivity contribution in [2.75, 3.05) is 0 Å².